The number of fused-ring (bicyclic) bond motifs is 1. The molecule has 2 aliphatic heterocycles. The minimum absolute atomic E-state index is 0.0676. The SMILES string of the molecule is CC=C=C/C(=C\C=C\OCCN1CCCCC1)[C@@H]1Sc2ccc(O)cc2O[C@@H]1c1ccc(O)cc1. The molecule has 0 aromatic heterocycles. The number of hydrogen-bond acceptors (Lipinski definition) is 6. The first kappa shape index (κ1) is 25.1. The highest BCUT2D eigenvalue weighted by atomic mass is 32.2. The molecule has 0 spiro atoms. The summed E-state index contributed by atoms with van der Waals surface area (Å²) in [6, 6.07) is 12.3. The minimum Gasteiger partial charge on any atom is -0.508 e. The van der Waals surface area contributed by atoms with Crippen LogP contribution in [0, 0.1) is 0 Å². The van der Waals surface area contributed by atoms with Crippen molar-refractivity contribution in [1.82, 2.24) is 4.90 Å². The van der Waals surface area contributed by atoms with Crippen molar-refractivity contribution in [3.8, 4) is 17.2 Å². The summed E-state index contributed by atoms with van der Waals surface area (Å²) in [5.41, 5.74) is 5.18. The zero-order valence-corrected chi connectivity index (χ0v) is 20.9. The van der Waals surface area contributed by atoms with Crippen LogP contribution < -0.4 is 4.74 Å². The lowest BCUT2D eigenvalue weighted by Gasteiger charge is -2.34. The van der Waals surface area contributed by atoms with E-state index in [2.05, 4.69) is 10.6 Å². The summed E-state index contributed by atoms with van der Waals surface area (Å²) in [5.74, 6) is 1.03. The molecule has 0 bridgehead atoms. The molecule has 4 rings (SSSR count). The maximum absolute atomic E-state index is 9.96. The molecule has 0 saturated carbocycles. The molecule has 2 N–H and O–H groups in total. The minimum atomic E-state index is -0.315. The van der Waals surface area contributed by atoms with Gasteiger partial charge in [0.25, 0.3) is 0 Å². The van der Waals surface area contributed by atoms with Crippen molar-refractivity contribution in [3.63, 3.8) is 0 Å². The third-order valence-electron chi connectivity index (χ3n) is 6.11. The zero-order valence-electron chi connectivity index (χ0n) is 20.1. The number of nitrogens with zero attached hydrogens (tertiary/aromatic N) is 1. The maximum Gasteiger partial charge on any atom is 0.140 e. The second-order valence-electron chi connectivity index (χ2n) is 8.67. The van der Waals surface area contributed by atoms with Gasteiger partial charge in [0.05, 0.1) is 23.0 Å². The van der Waals surface area contributed by atoms with Crippen molar-refractivity contribution in [2.75, 3.05) is 26.2 Å². The van der Waals surface area contributed by atoms with Gasteiger partial charge < -0.3 is 19.7 Å². The van der Waals surface area contributed by atoms with Gasteiger partial charge in [-0.1, -0.05) is 24.6 Å². The van der Waals surface area contributed by atoms with Crippen LogP contribution in [0.25, 0.3) is 0 Å². The van der Waals surface area contributed by atoms with E-state index in [0.29, 0.717) is 12.4 Å². The normalized spacial score (nSPS) is 20.5. The van der Waals surface area contributed by atoms with Gasteiger partial charge in [0.1, 0.15) is 23.4 Å². The van der Waals surface area contributed by atoms with E-state index >= 15 is 0 Å². The van der Waals surface area contributed by atoms with Crippen LogP contribution in [-0.4, -0.2) is 46.6 Å². The molecule has 184 valence electrons. The van der Waals surface area contributed by atoms with Gasteiger partial charge in [0.2, 0.25) is 0 Å². The molecule has 2 atom stereocenters. The molecule has 1 fully saturated rings. The third-order valence-corrected chi connectivity index (χ3v) is 7.48. The Labute approximate surface area is 212 Å². The number of aromatic hydroxyl groups is 2. The molecule has 0 aliphatic carbocycles. The van der Waals surface area contributed by atoms with Gasteiger partial charge in [-0.3, -0.25) is 4.90 Å². The highest BCUT2D eigenvalue weighted by Crippen LogP contribution is 2.49. The van der Waals surface area contributed by atoms with Crippen molar-refractivity contribution in [1.29, 1.82) is 0 Å². The molecule has 2 aromatic carbocycles. The number of hydrogen-bond donors (Lipinski definition) is 2. The number of phenols is 2. The van der Waals surface area contributed by atoms with E-state index in [-0.39, 0.29) is 22.9 Å². The van der Waals surface area contributed by atoms with E-state index in [9.17, 15) is 10.2 Å². The summed E-state index contributed by atoms with van der Waals surface area (Å²) < 4.78 is 12.2. The van der Waals surface area contributed by atoms with E-state index < -0.39 is 0 Å². The highest BCUT2D eigenvalue weighted by molar-refractivity contribution is 8.00. The predicted molar refractivity (Wildman–Crippen MR) is 141 cm³/mol. The Morgan fingerprint density at radius 2 is 1.89 bits per heavy atom. The molecule has 2 aromatic rings. The lowest BCUT2D eigenvalue weighted by Crippen LogP contribution is -2.32. The predicted octanol–water partition coefficient (Wildman–Crippen LogP) is 6.37. The average molecular weight is 492 g/mol. The summed E-state index contributed by atoms with van der Waals surface area (Å²) in [6.07, 6.45) is 13.2. The van der Waals surface area contributed by atoms with Crippen LogP contribution in [0.5, 0.6) is 17.2 Å². The smallest absolute Gasteiger partial charge is 0.140 e. The first-order valence-corrected chi connectivity index (χ1v) is 13.0. The Kier molecular flexibility index (Phi) is 9.02. The van der Waals surface area contributed by atoms with Gasteiger partial charge in [-0.2, -0.15) is 0 Å². The lowest BCUT2D eigenvalue weighted by molar-refractivity contribution is 0.159. The molecule has 5 nitrogen and oxygen atoms in total. The molecule has 0 unspecified atom stereocenters. The lowest BCUT2D eigenvalue weighted by atomic mass is 9.99. The standard InChI is InChI=1S/C29H33NO4S/c1-2-3-8-23(9-7-19-33-20-18-30-16-5-4-6-17-30)29-28(22-10-12-24(31)13-11-22)34-26-21-25(32)14-15-27(26)35-29/h2,7-15,19,21,28-29,31-32H,4-6,16-18,20H2,1H3/b19-7+,23-9+/t3?,28-,29+/m1/s1. The van der Waals surface area contributed by atoms with Crippen molar-refractivity contribution in [2.24, 2.45) is 0 Å². The number of likely N-dealkylation sites (tertiary alicyclic amines) is 1. The van der Waals surface area contributed by atoms with Crippen molar-refractivity contribution < 1.29 is 19.7 Å². The molecule has 2 heterocycles. The maximum atomic E-state index is 9.96. The number of phenolic OH excluding ortho intramolecular Hbond substituents is 2. The molecule has 2 aliphatic rings. The van der Waals surface area contributed by atoms with E-state index in [0.717, 1.165) is 22.6 Å². The second-order valence-corrected chi connectivity index (χ2v) is 9.85. The monoisotopic (exact) mass is 491 g/mol. The van der Waals surface area contributed by atoms with Gasteiger partial charge in [-0.25, -0.2) is 0 Å². The molecular weight excluding hydrogens is 458 g/mol. The van der Waals surface area contributed by atoms with Gasteiger partial charge in [-0.05, 0) is 86.5 Å². The zero-order chi connectivity index (χ0) is 24.5. The Morgan fingerprint density at radius 3 is 2.66 bits per heavy atom. The molecular formula is C29H33NO4S. The van der Waals surface area contributed by atoms with Crippen molar-refractivity contribution in [2.45, 2.75) is 42.4 Å². The van der Waals surface area contributed by atoms with E-state index in [1.165, 1.54) is 32.4 Å². The Morgan fingerprint density at radius 1 is 1.11 bits per heavy atom. The fraction of sp³-hybridized carbons (Fsp3) is 0.345. The van der Waals surface area contributed by atoms with Crippen molar-refractivity contribution >= 4 is 11.8 Å². The highest BCUT2D eigenvalue weighted by Gasteiger charge is 2.34. The summed E-state index contributed by atoms with van der Waals surface area (Å²) in [6.45, 7) is 5.91. The van der Waals surface area contributed by atoms with E-state index in [1.807, 2.05) is 49.4 Å². The summed E-state index contributed by atoms with van der Waals surface area (Å²) in [4.78, 5) is 3.42. The van der Waals surface area contributed by atoms with Crippen LogP contribution in [0.2, 0.25) is 0 Å². The molecule has 35 heavy (non-hydrogen) atoms. The fourth-order valence-electron chi connectivity index (χ4n) is 4.28. The van der Waals surface area contributed by atoms with Gasteiger partial charge in [0, 0.05) is 12.6 Å². The summed E-state index contributed by atoms with van der Waals surface area (Å²) in [7, 11) is 0. The second kappa shape index (κ2) is 12.6. The summed E-state index contributed by atoms with van der Waals surface area (Å²) in [5, 5.41) is 19.7. The molecule has 6 heteroatoms. The average Bonchev–Trinajstić information content (AvgIpc) is 2.88. The first-order valence-electron chi connectivity index (χ1n) is 12.2. The quantitative estimate of drug-likeness (QED) is 0.194. The van der Waals surface area contributed by atoms with Gasteiger partial charge >= 0.3 is 0 Å². The molecule has 0 amide bonds. The Bertz CT molecular complexity index is 1100. The van der Waals surface area contributed by atoms with E-state index in [4.69, 9.17) is 9.47 Å². The number of rotatable bonds is 8. The van der Waals surface area contributed by atoms with Crippen LogP contribution in [0.4, 0.5) is 0 Å². The van der Waals surface area contributed by atoms with Gasteiger partial charge in [-0.15, -0.1) is 17.5 Å². The number of benzene rings is 2. The fourth-order valence-corrected chi connectivity index (χ4v) is 5.54. The van der Waals surface area contributed by atoms with Crippen molar-refractivity contribution in [3.05, 3.63) is 89.9 Å². The number of ether oxygens (including phenoxy) is 2. The summed E-state index contributed by atoms with van der Waals surface area (Å²) >= 11 is 1.69. The number of allylic oxidation sites excluding steroid dienone is 3. The number of thioether (sulfide) groups is 1. The van der Waals surface area contributed by atoms with Crippen LogP contribution in [0.1, 0.15) is 37.9 Å². The van der Waals surface area contributed by atoms with Crippen LogP contribution >= 0.6 is 11.8 Å². The van der Waals surface area contributed by atoms with Crippen LogP contribution in [-0.2, 0) is 4.74 Å². The van der Waals surface area contributed by atoms with Crippen LogP contribution in [0.15, 0.2) is 89.2 Å². The largest absolute Gasteiger partial charge is 0.508 e. The molecule has 1 saturated heterocycles. The van der Waals surface area contributed by atoms with Crippen LogP contribution in [0.3, 0.4) is 0 Å². The molecule has 0 radical (unpaired) electrons. The topological polar surface area (TPSA) is 62.2 Å². The number of piperidine rings is 1. The Hall–Kier alpha value is -3.05. The van der Waals surface area contributed by atoms with Gasteiger partial charge in [0.15, 0.2) is 0 Å². The van der Waals surface area contributed by atoms with E-state index in [1.54, 1.807) is 42.3 Å². The Balaban J connectivity index is 1.54. The first-order chi connectivity index (χ1) is 17.1. The third kappa shape index (κ3) is 6.98.